The first-order valence-corrected chi connectivity index (χ1v) is 11.0. The number of benzene rings is 1. The molecule has 0 spiro atoms. The van der Waals surface area contributed by atoms with Gasteiger partial charge in [0.25, 0.3) is 0 Å². The summed E-state index contributed by atoms with van der Waals surface area (Å²) in [6.07, 6.45) is -3.51. The lowest BCUT2D eigenvalue weighted by Gasteiger charge is -2.41. The Kier molecular flexibility index (Phi) is 6.39. The topological polar surface area (TPSA) is 64.7 Å². The first-order valence-electron chi connectivity index (χ1n) is 10.7. The van der Waals surface area contributed by atoms with Crippen molar-refractivity contribution >= 4 is 29.1 Å². The van der Waals surface area contributed by atoms with Gasteiger partial charge in [-0.05, 0) is 37.5 Å². The first kappa shape index (κ1) is 23.3. The average molecular weight is 477 g/mol. The zero-order valence-corrected chi connectivity index (χ0v) is 18.1. The lowest BCUT2D eigenvalue weighted by atomic mass is 9.67. The summed E-state index contributed by atoms with van der Waals surface area (Å²) in [4.78, 5) is 28.7. The molecule has 1 aromatic rings. The maximum Gasteiger partial charge on any atom is 0.403 e. The van der Waals surface area contributed by atoms with E-state index in [1.807, 2.05) is 0 Å². The third kappa shape index (κ3) is 4.45. The van der Waals surface area contributed by atoms with Crippen molar-refractivity contribution in [3.8, 4) is 0 Å². The van der Waals surface area contributed by atoms with E-state index in [2.05, 4.69) is 20.4 Å². The van der Waals surface area contributed by atoms with Gasteiger partial charge in [-0.25, -0.2) is 4.39 Å². The number of alkyl halides is 3. The van der Waals surface area contributed by atoms with Gasteiger partial charge in [-0.2, -0.15) is 13.2 Å². The molecular weight excluding hydrogens is 452 g/mol. The number of fused-ring (bicyclic) bond motifs is 2. The standard InChI is InChI=1S/C21H25ClF4N4O2/c22-16-8-13(2-3-17(16)23)28-18(31)12-30-11-14-9-15(30)10-29(14)7-6-27-19(32)20(4-1-5-20)21(24,25)26/h2-3,8,14-15H,1,4-7,9-12H2,(H,27,32)(H,28,31). The van der Waals surface area contributed by atoms with Crippen LogP contribution in [0.25, 0.3) is 0 Å². The van der Waals surface area contributed by atoms with E-state index in [0.717, 1.165) is 6.42 Å². The second kappa shape index (κ2) is 8.79. The van der Waals surface area contributed by atoms with Crippen LogP contribution in [0.4, 0.5) is 23.2 Å². The van der Waals surface area contributed by atoms with Crippen LogP contribution in [0.5, 0.6) is 0 Å². The summed E-state index contributed by atoms with van der Waals surface area (Å²) in [6.45, 7) is 2.21. The number of likely N-dealkylation sites (tertiary alicyclic amines) is 2. The molecule has 2 unspecified atom stereocenters. The Bertz CT molecular complexity index is 893. The quantitative estimate of drug-likeness (QED) is 0.594. The van der Waals surface area contributed by atoms with Gasteiger partial charge < -0.3 is 10.6 Å². The van der Waals surface area contributed by atoms with E-state index in [1.165, 1.54) is 18.2 Å². The summed E-state index contributed by atoms with van der Waals surface area (Å²) in [6, 6.07) is 4.36. The number of carbonyl (C=O) groups excluding carboxylic acids is 2. The van der Waals surface area contributed by atoms with Crippen LogP contribution in [0, 0.1) is 11.2 Å². The molecule has 1 saturated carbocycles. The van der Waals surface area contributed by atoms with Gasteiger partial charge in [-0.3, -0.25) is 19.4 Å². The van der Waals surface area contributed by atoms with Gasteiger partial charge in [-0.15, -0.1) is 0 Å². The normalized spacial score (nSPS) is 24.9. The van der Waals surface area contributed by atoms with E-state index in [0.29, 0.717) is 31.7 Å². The van der Waals surface area contributed by atoms with Gasteiger partial charge >= 0.3 is 6.18 Å². The monoisotopic (exact) mass is 476 g/mol. The predicted octanol–water partition coefficient (Wildman–Crippen LogP) is 3.02. The van der Waals surface area contributed by atoms with Gasteiger partial charge in [-0.1, -0.05) is 18.0 Å². The van der Waals surface area contributed by atoms with Crippen LogP contribution >= 0.6 is 11.6 Å². The van der Waals surface area contributed by atoms with Crippen LogP contribution in [-0.2, 0) is 9.59 Å². The van der Waals surface area contributed by atoms with E-state index in [4.69, 9.17) is 11.6 Å². The number of halogens is 5. The average Bonchev–Trinajstić information content (AvgIpc) is 3.22. The molecule has 32 heavy (non-hydrogen) atoms. The number of hydrogen-bond donors (Lipinski definition) is 2. The zero-order valence-electron chi connectivity index (χ0n) is 17.4. The summed E-state index contributed by atoms with van der Waals surface area (Å²) >= 11 is 5.73. The maximum absolute atomic E-state index is 13.2. The molecule has 11 heteroatoms. The Morgan fingerprint density at radius 2 is 1.84 bits per heavy atom. The number of amides is 2. The highest BCUT2D eigenvalue weighted by Gasteiger charge is 2.63. The Morgan fingerprint density at radius 1 is 1.16 bits per heavy atom. The van der Waals surface area contributed by atoms with Crippen molar-refractivity contribution in [1.82, 2.24) is 15.1 Å². The Hall–Kier alpha value is -1.91. The van der Waals surface area contributed by atoms with Crippen molar-refractivity contribution in [2.24, 2.45) is 5.41 Å². The molecule has 2 N–H and O–H groups in total. The summed E-state index contributed by atoms with van der Waals surface area (Å²) < 4.78 is 53.0. The van der Waals surface area contributed by atoms with Crippen LogP contribution in [0.2, 0.25) is 5.02 Å². The van der Waals surface area contributed by atoms with Crippen molar-refractivity contribution in [2.75, 3.05) is 38.0 Å². The summed E-state index contributed by atoms with van der Waals surface area (Å²) in [5.74, 6) is -1.70. The molecular formula is C21H25ClF4N4O2. The van der Waals surface area contributed by atoms with Crippen LogP contribution in [-0.4, -0.2) is 72.6 Å². The van der Waals surface area contributed by atoms with Gasteiger partial charge in [0.15, 0.2) is 0 Å². The summed E-state index contributed by atoms with van der Waals surface area (Å²) in [5.41, 5.74) is -1.79. The molecule has 2 aliphatic heterocycles. The van der Waals surface area contributed by atoms with E-state index in [-0.39, 0.29) is 48.9 Å². The molecule has 2 saturated heterocycles. The molecule has 1 aliphatic carbocycles. The zero-order chi connectivity index (χ0) is 23.1. The van der Waals surface area contributed by atoms with Crippen LogP contribution < -0.4 is 10.6 Å². The smallest absolute Gasteiger partial charge is 0.354 e. The molecule has 0 radical (unpaired) electrons. The van der Waals surface area contributed by atoms with Crippen molar-refractivity contribution in [3.63, 3.8) is 0 Å². The number of piperazine rings is 1. The fourth-order valence-corrected chi connectivity index (χ4v) is 5.09. The Morgan fingerprint density at radius 3 is 2.41 bits per heavy atom. The van der Waals surface area contributed by atoms with E-state index >= 15 is 0 Å². The molecule has 3 aliphatic rings. The van der Waals surface area contributed by atoms with Crippen molar-refractivity contribution < 1.29 is 27.2 Å². The highest BCUT2D eigenvalue weighted by Crippen LogP contribution is 2.53. The molecule has 2 amide bonds. The number of nitrogens with zero attached hydrogens (tertiary/aromatic N) is 2. The van der Waals surface area contributed by atoms with Gasteiger partial charge in [0, 0.05) is 44.0 Å². The minimum Gasteiger partial charge on any atom is -0.354 e. The number of anilines is 1. The number of nitrogens with one attached hydrogen (secondary N) is 2. The van der Waals surface area contributed by atoms with E-state index in [9.17, 15) is 27.2 Å². The van der Waals surface area contributed by atoms with Crippen molar-refractivity contribution in [2.45, 2.75) is 43.9 Å². The first-order chi connectivity index (χ1) is 15.1. The summed E-state index contributed by atoms with van der Waals surface area (Å²) in [5, 5.41) is 5.12. The highest BCUT2D eigenvalue weighted by atomic mass is 35.5. The molecule has 2 bridgehead atoms. The Labute approximate surface area is 188 Å². The van der Waals surface area contributed by atoms with Crippen molar-refractivity contribution in [1.29, 1.82) is 0 Å². The molecule has 6 nitrogen and oxygen atoms in total. The largest absolute Gasteiger partial charge is 0.403 e. The minimum atomic E-state index is -4.51. The molecule has 3 fully saturated rings. The molecule has 2 heterocycles. The van der Waals surface area contributed by atoms with Crippen LogP contribution in [0.1, 0.15) is 25.7 Å². The van der Waals surface area contributed by atoms with E-state index < -0.39 is 23.3 Å². The molecule has 176 valence electrons. The molecule has 0 aromatic heterocycles. The second-order valence-corrected chi connectivity index (χ2v) is 9.24. The van der Waals surface area contributed by atoms with Gasteiger partial charge in [0.1, 0.15) is 11.2 Å². The molecule has 2 atom stereocenters. The molecule has 4 rings (SSSR count). The Balaban J connectivity index is 1.20. The fraction of sp³-hybridized carbons (Fsp3) is 0.619. The maximum atomic E-state index is 13.2. The SMILES string of the molecule is O=C(CN1CC2CC1CN2CCNC(=O)C1(C(F)(F)F)CCC1)Nc1ccc(F)c(Cl)c1. The number of carbonyl (C=O) groups is 2. The van der Waals surface area contributed by atoms with Gasteiger partial charge in [0.05, 0.1) is 11.6 Å². The lowest BCUT2D eigenvalue weighted by molar-refractivity contribution is -0.243. The number of hydrogen-bond acceptors (Lipinski definition) is 4. The third-order valence-corrected chi connectivity index (χ3v) is 7.18. The van der Waals surface area contributed by atoms with Crippen LogP contribution in [0.3, 0.4) is 0 Å². The van der Waals surface area contributed by atoms with E-state index in [1.54, 1.807) is 0 Å². The lowest BCUT2D eigenvalue weighted by Crippen LogP contribution is -2.56. The number of rotatable bonds is 7. The van der Waals surface area contributed by atoms with Crippen molar-refractivity contribution in [3.05, 3.63) is 29.0 Å². The minimum absolute atomic E-state index is 0.0655. The molecule has 1 aromatic carbocycles. The summed E-state index contributed by atoms with van der Waals surface area (Å²) in [7, 11) is 0. The fourth-order valence-electron chi connectivity index (χ4n) is 4.91. The predicted molar refractivity (Wildman–Crippen MR) is 111 cm³/mol. The second-order valence-electron chi connectivity index (χ2n) is 8.83. The highest BCUT2D eigenvalue weighted by molar-refractivity contribution is 6.31. The van der Waals surface area contributed by atoms with Crippen LogP contribution in [0.15, 0.2) is 18.2 Å². The third-order valence-electron chi connectivity index (χ3n) is 6.89. The van der Waals surface area contributed by atoms with Gasteiger partial charge in [0.2, 0.25) is 11.8 Å².